The van der Waals surface area contributed by atoms with Crippen LogP contribution in [0.1, 0.15) is 24.3 Å². The van der Waals surface area contributed by atoms with Gasteiger partial charge in [-0.15, -0.1) is 11.3 Å². The third-order valence-corrected chi connectivity index (χ3v) is 6.98. The van der Waals surface area contributed by atoms with Crippen LogP contribution in [0, 0.1) is 5.92 Å². The first-order valence-corrected chi connectivity index (χ1v) is 11.5. The summed E-state index contributed by atoms with van der Waals surface area (Å²) in [4.78, 5) is 23.5. The highest BCUT2D eigenvalue weighted by atomic mass is 32.2. The van der Waals surface area contributed by atoms with Crippen LogP contribution in [-0.4, -0.2) is 34.8 Å². The van der Waals surface area contributed by atoms with Gasteiger partial charge in [0.05, 0.1) is 36.6 Å². The van der Waals surface area contributed by atoms with E-state index < -0.39 is 0 Å². The Morgan fingerprint density at radius 2 is 2.20 bits per heavy atom. The van der Waals surface area contributed by atoms with Crippen LogP contribution in [0.25, 0.3) is 10.2 Å². The molecule has 0 radical (unpaired) electrons. The van der Waals surface area contributed by atoms with E-state index in [2.05, 4.69) is 29.1 Å². The molecule has 0 saturated carbocycles. The number of nitrogens with zero attached hydrogens (tertiary/aromatic N) is 2. The van der Waals surface area contributed by atoms with Gasteiger partial charge < -0.3 is 20.5 Å². The van der Waals surface area contributed by atoms with Crippen LogP contribution < -0.4 is 15.8 Å². The topological polar surface area (TPSA) is 99.4 Å². The van der Waals surface area contributed by atoms with Crippen molar-refractivity contribution in [3.63, 3.8) is 0 Å². The van der Waals surface area contributed by atoms with Crippen LogP contribution >= 0.6 is 23.1 Å². The summed E-state index contributed by atoms with van der Waals surface area (Å²) in [5.74, 6) is 1.53. The van der Waals surface area contributed by atoms with Crippen molar-refractivity contribution in [1.29, 1.82) is 0 Å². The van der Waals surface area contributed by atoms with E-state index in [4.69, 9.17) is 15.2 Å². The molecule has 7 nitrogen and oxygen atoms in total. The Labute approximate surface area is 183 Å². The first-order valence-electron chi connectivity index (χ1n) is 9.71. The van der Waals surface area contributed by atoms with Gasteiger partial charge in [-0.2, -0.15) is 0 Å². The highest BCUT2D eigenvalue weighted by molar-refractivity contribution is 7.99. The standard InChI is InChI=1S/C21H24N4O3S2/c1-11(2)15-8-12-16(9-28-15)30-20-18(12)19(22)24-21(25-20)29-10-17(26)23-13-6-4-5-7-14(13)27-3/h4-7,11,15H,8-10H2,1-3H3,(H,23,26)(H2,22,24,25)/t15-/m0/s1. The van der Waals surface area contributed by atoms with Gasteiger partial charge in [0.2, 0.25) is 5.91 Å². The van der Waals surface area contributed by atoms with Crippen molar-refractivity contribution in [2.24, 2.45) is 5.92 Å². The lowest BCUT2D eigenvalue weighted by atomic mass is 9.96. The van der Waals surface area contributed by atoms with Gasteiger partial charge in [-0.3, -0.25) is 4.79 Å². The molecule has 0 spiro atoms. The molecular formula is C21H24N4O3S2. The van der Waals surface area contributed by atoms with Crippen molar-refractivity contribution in [2.45, 2.75) is 38.1 Å². The van der Waals surface area contributed by atoms with Crippen LogP contribution in [0.2, 0.25) is 0 Å². The summed E-state index contributed by atoms with van der Waals surface area (Å²) in [6, 6.07) is 7.29. The second kappa shape index (κ2) is 8.79. The molecule has 3 N–H and O–H groups in total. The lowest BCUT2D eigenvalue weighted by Gasteiger charge is -2.26. The van der Waals surface area contributed by atoms with Crippen LogP contribution in [0.15, 0.2) is 29.4 Å². The number of aromatic nitrogens is 2. The Hall–Kier alpha value is -2.36. The molecule has 0 unspecified atom stereocenters. The van der Waals surface area contributed by atoms with Gasteiger partial charge >= 0.3 is 0 Å². The second-order valence-electron chi connectivity index (χ2n) is 7.41. The molecule has 3 heterocycles. The van der Waals surface area contributed by atoms with Gasteiger partial charge in [0.15, 0.2) is 5.16 Å². The molecule has 0 fully saturated rings. The number of fused-ring (bicyclic) bond motifs is 3. The molecular weight excluding hydrogens is 420 g/mol. The van der Waals surface area contributed by atoms with E-state index in [0.29, 0.717) is 34.9 Å². The number of thioether (sulfide) groups is 1. The van der Waals surface area contributed by atoms with E-state index in [-0.39, 0.29) is 17.8 Å². The summed E-state index contributed by atoms with van der Waals surface area (Å²) in [7, 11) is 1.57. The zero-order valence-electron chi connectivity index (χ0n) is 17.1. The van der Waals surface area contributed by atoms with Crippen molar-refractivity contribution in [3.05, 3.63) is 34.7 Å². The number of rotatable bonds is 6. The second-order valence-corrected chi connectivity index (χ2v) is 9.44. The van der Waals surface area contributed by atoms with Crippen LogP contribution in [0.3, 0.4) is 0 Å². The first kappa shape index (κ1) is 20.9. The smallest absolute Gasteiger partial charge is 0.234 e. The Bertz CT molecular complexity index is 1080. The molecule has 3 aromatic rings. The highest BCUT2D eigenvalue weighted by Crippen LogP contribution is 2.39. The quantitative estimate of drug-likeness (QED) is 0.436. The van der Waals surface area contributed by atoms with E-state index in [1.165, 1.54) is 22.2 Å². The number of para-hydroxylation sites is 2. The van der Waals surface area contributed by atoms with E-state index in [9.17, 15) is 4.79 Å². The first-order chi connectivity index (χ1) is 14.5. The predicted molar refractivity (Wildman–Crippen MR) is 121 cm³/mol. The number of anilines is 2. The van der Waals surface area contributed by atoms with E-state index in [1.54, 1.807) is 30.6 Å². The number of hydrogen-bond donors (Lipinski definition) is 2. The molecule has 1 aliphatic heterocycles. The highest BCUT2D eigenvalue weighted by Gasteiger charge is 2.27. The Kier molecular flexibility index (Phi) is 6.12. The fourth-order valence-corrected chi connectivity index (χ4v) is 5.28. The normalized spacial score (nSPS) is 15.9. The van der Waals surface area contributed by atoms with Crippen molar-refractivity contribution >= 4 is 50.7 Å². The molecule has 4 rings (SSSR count). The summed E-state index contributed by atoms with van der Waals surface area (Å²) in [5.41, 5.74) is 8.14. The number of benzene rings is 1. The molecule has 9 heteroatoms. The van der Waals surface area contributed by atoms with Crippen molar-refractivity contribution in [1.82, 2.24) is 9.97 Å². The number of nitrogen functional groups attached to an aromatic ring is 1. The maximum atomic E-state index is 12.4. The summed E-state index contributed by atoms with van der Waals surface area (Å²) < 4.78 is 11.2. The van der Waals surface area contributed by atoms with E-state index in [1.807, 2.05) is 12.1 Å². The average Bonchev–Trinajstić information content (AvgIpc) is 3.10. The number of nitrogens with one attached hydrogen (secondary N) is 1. The molecule has 1 aliphatic rings. The Balaban J connectivity index is 1.48. The Morgan fingerprint density at radius 1 is 1.40 bits per heavy atom. The Morgan fingerprint density at radius 3 is 2.97 bits per heavy atom. The summed E-state index contributed by atoms with van der Waals surface area (Å²) in [6.45, 7) is 4.91. The van der Waals surface area contributed by atoms with Gasteiger partial charge in [-0.1, -0.05) is 37.7 Å². The lowest BCUT2D eigenvalue weighted by molar-refractivity contribution is -0.113. The van der Waals surface area contributed by atoms with Crippen molar-refractivity contribution < 1.29 is 14.3 Å². The van der Waals surface area contributed by atoms with Crippen molar-refractivity contribution in [2.75, 3.05) is 23.9 Å². The zero-order valence-corrected chi connectivity index (χ0v) is 18.7. The molecule has 1 aromatic carbocycles. The monoisotopic (exact) mass is 444 g/mol. The van der Waals surface area contributed by atoms with E-state index in [0.717, 1.165) is 16.6 Å². The number of nitrogens with two attached hydrogens (primary N) is 1. The number of ether oxygens (including phenoxy) is 2. The minimum atomic E-state index is -0.162. The number of hydrogen-bond acceptors (Lipinski definition) is 8. The number of amides is 1. The molecule has 0 aliphatic carbocycles. The third-order valence-electron chi connectivity index (χ3n) is 5.03. The largest absolute Gasteiger partial charge is 0.495 e. The molecule has 1 amide bonds. The number of thiophene rings is 1. The van der Waals surface area contributed by atoms with Gasteiger partial charge in [-0.25, -0.2) is 9.97 Å². The molecule has 30 heavy (non-hydrogen) atoms. The molecule has 1 atom stereocenters. The zero-order chi connectivity index (χ0) is 21.3. The predicted octanol–water partition coefficient (Wildman–Crippen LogP) is 4.11. The molecule has 0 bridgehead atoms. The van der Waals surface area contributed by atoms with Crippen LogP contribution in [0.5, 0.6) is 5.75 Å². The van der Waals surface area contributed by atoms with Gasteiger partial charge in [-0.05, 0) is 23.6 Å². The van der Waals surface area contributed by atoms with Gasteiger partial charge in [0.25, 0.3) is 0 Å². The number of methoxy groups -OCH3 is 1. The summed E-state index contributed by atoms with van der Waals surface area (Å²) in [6.07, 6.45) is 1.01. The van der Waals surface area contributed by atoms with Gasteiger partial charge in [0, 0.05) is 11.3 Å². The minimum Gasteiger partial charge on any atom is -0.495 e. The fraction of sp³-hybridized carbons (Fsp3) is 0.381. The minimum absolute atomic E-state index is 0.162. The lowest BCUT2D eigenvalue weighted by Crippen LogP contribution is -2.26. The number of carbonyl (C=O) groups is 1. The SMILES string of the molecule is COc1ccccc1NC(=O)CSc1nc(N)c2c3c(sc2n1)CO[C@H](C(C)C)C3. The summed E-state index contributed by atoms with van der Waals surface area (Å²) >= 11 is 2.86. The van der Waals surface area contributed by atoms with Gasteiger partial charge in [0.1, 0.15) is 16.4 Å². The molecule has 2 aromatic heterocycles. The maximum Gasteiger partial charge on any atom is 0.234 e. The van der Waals surface area contributed by atoms with E-state index >= 15 is 0 Å². The summed E-state index contributed by atoms with van der Waals surface area (Å²) in [5, 5.41) is 4.29. The number of carbonyl (C=O) groups excluding carboxylic acids is 1. The van der Waals surface area contributed by atoms with Crippen LogP contribution in [0.4, 0.5) is 11.5 Å². The average molecular weight is 445 g/mol. The third kappa shape index (κ3) is 4.23. The van der Waals surface area contributed by atoms with Crippen LogP contribution in [-0.2, 0) is 22.6 Å². The maximum absolute atomic E-state index is 12.4. The fourth-order valence-electron chi connectivity index (χ4n) is 3.44. The van der Waals surface area contributed by atoms with Crippen molar-refractivity contribution in [3.8, 4) is 5.75 Å². The molecule has 0 saturated heterocycles. The molecule has 158 valence electrons.